The molecule has 0 bridgehead atoms. The lowest BCUT2D eigenvalue weighted by atomic mass is 10.1. The summed E-state index contributed by atoms with van der Waals surface area (Å²) in [6, 6.07) is 14.2. The highest BCUT2D eigenvalue weighted by molar-refractivity contribution is 8.14. The maximum atomic E-state index is 5.04. The van der Waals surface area contributed by atoms with Crippen LogP contribution in [0.1, 0.15) is 10.8 Å². The van der Waals surface area contributed by atoms with Crippen LogP contribution >= 0.6 is 11.8 Å². The Balaban J connectivity index is 1.62. The minimum Gasteiger partial charge on any atom is -0.481 e. The van der Waals surface area contributed by atoms with Crippen molar-refractivity contribution < 1.29 is 4.74 Å². The van der Waals surface area contributed by atoms with Crippen molar-refractivity contribution in [3.8, 4) is 5.88 Å². The van der Waals surface area contributed by atoms with Crippen LogP contribution in [0.3, 0.4) is 0 Å². The summed E-state index contributed by atoms with van der Waals surface area (Å²) in [5.74, 6) is 0.610. The third kappa shape index (κ3) is 2.93. The van der Waals surface area contributed by atoms with Crippen LogP contribution in [0.15, 0.2) is 53.7 Å². The number of methoxy groups -OCH3 is 1. The second kappa shape index (κ2) is 5.96. The Bertz CT molecular complexity index is 598. The molecular weight excluding hydrogens is 270 g/mol. The van der Waals surface area contributed by atoms with E-state index in [1.54, 1.807) is 25.1 Å². The Morgan fingerprint density at radius 1 is 1.20 bits per heavy atom. The Morgan fingerprint density at radius 3 is 2.75 bits per heavy atom. The quantitative estimate of drug-likeness (QED) is 0.939. The summed E-state index contributed by atoms with van der Waals surface area (Å²) >= 11 is 1.75. The topological polar surface area (TPSA) is 46.5 Å². The fourth-order valence-electron chi connectivity index (χ4n) is 1.98. The average molecular weight is 285 g/mol. The molecule has 3 rings (SSSR count). The van der Waals surface area contributed by atoms with E-state index in [0.29, 0.717) is 11.1 Å². The lowest BCUT2D eigenvalue weighted by Gasteiger charge is -2.09. The first-order valence-corrected chi connectivity index (χ1v) is 7.26. The van der Waals surface area contributed by atoms with Crippen molar-refractivity contribution in [3.05, 3.63) is 54.2 Å². The lowest BCUT2D eigenvalue weighted by Crippen LogP contribution is -2.05. The number of aromatic nitrogens is 1. The molecule has 1 N–H and O–H groups in total. The monoisotopic (exact) mass is 285 g/mol. The summed E-state index contributed by atoms with van der Waals surface area (Å²) in [5, 5.41) is 4.62. The average Bonchev–Trinajstić information content (AvgIpc) is 2.97. The van der Waals surface area contributed by atoms with E-state index < -0.39 is 0 Å². The molecule has 0 amide bonds. The Kier molecular flexibility index (Phi) is 3.87. The minimum absolute atomic E-state index is 0.393. The summed E-state index contributed by atoms with van der Waals surface area (Å²) in [5.41, 5.74) is 2.23. The lowest BCUT2D eigenvalue weighted by molar-refractivity contribution is 0.398. The molecule has 1 aliphatic heterocycles. The van der Waals surface area contributed by atoms with Gasteiger partial charge in [0.1, 0.15) is 0 Å². The predicted octanol–water partition coefficient (Wildman–Crippen LogP) is 3.35. The standard InChI is InChI=1S/C15H15N3OS/c1-19-14-8-7-12(9-16-14)18-15-17-10-13(20-15)11-5-3-2-4-6-11/h2-9,13H,10H2,1H3,(H,17,18). The number of pyridine rings is 1. The molecule has 0 fully saturated rings. The van der Waals surface area contributed by atoms with E-state index in [2.05, 4.69) is 39.6 Å². The molecule has 0 aliphatic carbocycles. The highest BCUT2D eigenvalue weighted by Gasteiger charge is 2.21. The van der Waals surface area contributed by atoms with E-state index in [1.807, 2.05) is 18.2 Å². The molecule has 0 saturated carbocycles. The maximum absolute atomic E-state index is 5.04. The molecule has 1 aliphatic rings. The molecule has 2 aromatic rings. The molecule has 5 heteroatoms. The summed E-state index contributed by atoms with van der Waals surface area (Å²) in [6.07, 6.45) is 1.75. The zero-order valence-corrected chi connectivity index (χ0v) is 11.9. The van der Waals surface area contributed by atoms with Crippen molar-refractivity contribution >= 4 is 22.6 Å². The molecule has 0 saturated heterocycles. The van der Waals surface area contributed by atoms with Crippen LogP contribution in [0, 0.1) is 0 Å². The fraction of sp³-hybridized carbons (Fsp3) is 0.200. The second-order valence-electron chi connectivity index (χ2n) is 4.38. The molecule has 0 spiro atoms. The number of amidine groups is 1. The Labute approximate surface area is 122 Å². The zero-order chi connectivity index (χ0) is 13.8. The first-order chi connectivity index (χ1) is 9.85. The molecule has 1 aromatic heterocycles. The van der Waals surface area contributed by atoms with Crippen LogP contribution in [0.25, 0.3) is 0 Å². The van der Waals surface area contributed by atoms with Gasteiger partial charge in [-0.3, -0.25) is 4.99 Å². The molecule has 102 valence electrons. The fourth-order valence-corrected chi connectivity index (χ4v) is 3.02. The summed E-state index contributed by atoms with van der Waals surface area (Å²) < 4.78 is 5.04. The van der Waals surface area contributed by atoms with E-state index >= 15 is 0 Å². The van der Waals surface area contributed by atoms with Crippen molar-refractivity contribution in [1.82, 2.24) is 4.98 Å². The van der Waals surface area contributed by atoms with Crippen molar-refractivity contribution in [2.45, 2.75) is 5.25 Å². The van der Waals surface area contributed by atoms with Gasteiger partial charge in [0.15, 0.2) is 5.17 Å². The highest BCUT2D eigenvalue weighted by atomic mass is 32.2. The molecule has 20 heavy (non-hydrogen) atoms. The van der Waals surface area contributed by atoms with E-state index in [-0.39, 0.29) is 0 Å². The number of thioether (sulfide) groups is 1. The molecule has 2 heterocycles. The number of benzene rings is 1. The minimum atomic E-state index is 0.393. The first-order valence-electron chi connectivity index (χ1n) is 6.38. The van der Waals surface area contributed by atoms with Gasteiger partial charge in [-0.05, 0) is 11.6 Å². The molecule has 1 atom stereocenters. The first kappa shape index (κ1) is 13.0. The van der Waals surface area contributed by atoms with Crippen LogP contribution in [-0.2, 0) is 0 Å². The highest BCUT2D eigenvalue weighted by Crippen LogP contribution is 2.35. The summed E-state index contributed by atoms with van der Waals surface area (Å²) in [6.45, 7) is 0.806. The number of aliphatic imine (C=N–C) groups is 1. The molecule has 1 unspecified atom stereocenters. The smallest absolute Gasteiger partial charge is 0.213 e. The van der Waals surface area contributed by atoms with Crippen molar-refractivity contribution in [2.24, 2.45) is 4.99 Å². The van der Waals surface area contributed by atoms with Crippen LogP contribution in [0.2, 0.25) is 0 Å². The van der Waals surface area contributed by atoms with Gasteiger partial charge in [0.05, 0.1) is 30.8 Å². The van der Waals surface area contributed by atoms with Gasteiger partial charge < -0.3 is 10.1 Å². The number of hydrogen-bond donors (Lipinski definition) is 1. The van der Waals surface area contributed by atoms with Crippen LogP contribution in [0.5, 0.6) is 5.88 Å². The summed E-state index contributed by atoms with van der Waals surface area (Å²) in [4.78, 5) is 8.71. The van der Waals surface area contributed by atoms with Gasteiger partial charge in [0.2, 0.25) is 5.88 Å². The van der Waals surface area contributed by atoms with Crippen molar-refractivity contribution in [1.29, 1.82) is 0 Å². The van der Waals surface area contributed by atoms with Gasteiger partial charge in [-0.1, -0.05) is 42.1 Å². The van der Waals surface area contributed by atoms with E-state index in [4.69, 9.17) is 4.74 Å². The molecule has 1 aromatic carbocycles. The number of nitrogens with one attached hydrogen (secondary N) is 1. The van der Waals surface area contributed by atoms with Crippen molar-refractivity contribution in [2.75, 3.05) is 19.0 Å². The Hall–Kier alpha value is -2.01. The normalized spacial score (nSPS) is 17.6. The summed E-state index contributed by atoms with van der Waals surface area (Å²) in [7, 11) is 1.61. The van der Waals surface area contributed by atoms with E-state index in [9.17, 15) is 0 Å². The zero-order valence-electron chi connectivity index (χ0n) is 11.1. The van der Waals surface area contributed by atoms with Gasteiger partial charge in [-0.15, -0.1) is 0 Å². The number of hydrogen-bond acceptors (Lipinski definition) is 5. The number of rotatable bonds is 3. The van der Waals surface area contributed by atoms with Crippen LogP contribution in [-0.4, -0.2) is 23.8 Å². The van der Waals surface area contributed by atoms with Gasteiger partial charge in [-0.2, -0.15) is 0 Å². The SMILES string of the molecule is COc1ccc(NC2=NCC(c3ccccc3)S2)cn1. The molecular formula is C15H15N3OS. The Morgan fingerprint density at radius 2 is 2.05 bits per heavy atom. The van der Waals surface area contributed by atoms with Gasteiger partial charge in [-0.25, -0.2) is 4.98 Å². The van der Waals surface area contributed by atoms with Gasteiger partial charge >= 0.3 is 0 Å². The number of anilines is 1. The van der Waals surface area contributed by atoms with E-state index in [0.717, 1.165) is 17.4 Å². The third-order valence-electron chi connectivity index (χ3n) is 3.02. The largest absolute Gasteiger partial charge is 0.481 e. The maximum Gasteiger partial charge on any atom is 0.213 e. The number of nitrogens with zero attached hydrogens (tertiary/aromatic N) is 2. The van der Waals surface area contributed by atoms with Crippen LogP contribution < -0.4 is 10.1 Å². The van der Waals surface area contributed by atoms with E-state index in [1.165, 1.54) is 5.56 Å². The van der Waals surface area contributed by atoms with Crippen molar-refractivity contribution in [3.63, 3.8) is 0 Å². The van der Waals surface area contributed by atoms with Crippen LogP contribution in [0.4, 0.5) is 5.69 Å². The second-order valence-corrected chi connectivity index (χ2v) is 5.57. The number of ether oxygens (including phenoxy) is 1. The van der Waals surface area contributed by atoms with Gasteiger partial charge in [0, 0.05) is 6.07 Å². The third-order valence-corrected chi connectivity index (χ3v) is 4.18. The molecule has 4 nitrogen and oxygen atoms in total. The predicted molar refractivity (Wildman–Crippen MR) is 83.5 cm³/mol. The van der Waals surface area contributed by atoms with Gasteiger partial charge in [0.25, 0.3) is 0 Å². The molecule has 0 radical (unpaired) electrons.